The predicted octanol–water partition coefficient (Wildman–Crippen LogP) is 3.08. The summed E-state index contributed by atoms with van der Waals surface area (Å²) < 4.78 is 0. The fourth-order valence-electron chi connectivity index (χ4n) is 3.47. The zero-order valence-corrected chi connectivity index (χ0v) is 17.0. The second-order valence-electron chi connectivity index (χ2n) is 8.06. The van der Waals surface area contributed by atoms with Crippen molar-refractivity contribution in [3.63, 3.8) is 0 Å². The molecule has 6 nitrogen and oxygen atoms in total. The Balaban J connectivity index is 1.87. The predicted molar refractivity (Wildman–Crippen MR) is 107 cm³/mol. The molecule has 3 rings (SSSR count). The van der Waals surface area contributed by atoms with Crippen LogP contribution in [0, 0.1) is 6.92 Å². The largest absolute Gasteiger partial charge is 0.365 e. The van der Waals surface area contributed by atoms with Gasteiger partial charge in [0, 0.05) is 48.0 Å². The molecule has 1 aliphatic carbocycles. The van der Waals surface area contributed by atoms with E-state index in [1.165, 1.54) is 0 Å². The van der Waals surface area contributed by atoms with Crippen molar-refractivity contribution in [1.29, 1.82) is 0 Å². The van der Waals surface area contributed by atoms with Gasteiger partial charge in [-0.3, -0.25) is 4.79 Å². The topological polar surface area (TPSA) is 70.5 Å². The molecule has 1 N–H and O–H groups in total. The van der Waals surface area contributed by atoms with Gasteiger partial charge in [-0.1, -0.05) is 5.57 Å². The van der Waals surface area contributed by atoms with E-state index < -0.39 is 0 Å². The number of carbonyl (C=O) groups excluding carboxylic acids is 1. The summed E-state index contributed by atoms with van der Waals surface area (Å²) in [7, 11) is 0. The van der Waals surface area contributed by atoms with E-state index in [0.717, 1.165) is 47.5 Å². The molecule has 0 radical (unpaired) electrons. The van der Waals surface area contributed by atoms with Crippen molar-refractivity contribution in [3.05, 3.63) is 45.8 Å². The molecule has 27 heavy (non-hydrogen) atoms. The van der Waals surface area contributed by atoms with Gasteiger partial charge < -0.3 is 10.2 Å². The number of rotatable bonds is 5. The molecule has 0 unspecified atom stereocenters. The number of fused-ring (bicyclic) bond motifs is 1. The number of nitrogens with one attached hydrogen (secondary N) is 1. The smallest absolute Gasteiger partial charge is 0.254 e. The third-order valence-electron chi connectivity index (χ3n) is 5.36. The van der Waals surface area contributed by atoms with Crippen LogP contribution in [0.3, 0.4) is 0 Å². The van der Waals surface area contributed by atoms with Crippen molar-refractivity contribution in [3.8, 4) is 0 Å². The quantitative estimate of drug-likeness (QED) is 0.493. The Kier molecular flexibility index (Phi) is 5.18. The fourth-order valence-corrected chi connectivity index (χ4v) is 3.47. The SMILES string of the molecule is C=N/C(NC1(C)CC1)=C(\C)C(C(=O)N1CCc2nc(C)ncc2C1)=C(C)C. The van der Waals surface area contributed by atoms with Crippen molar-refractivity contribution in [2.24, 2.45) is 4.99 Å². The Labute approximate surface area is 161 Å². The zero-order valence-electron chi connectivity index (χ0n) is 17.0. The summed E-state index contributed by atoms with van der Waals surface area (Å²) in [6.07, 6.45) is 4.82. The first-order chi connectivity index (χ1) is 12.7. The molecule has 0 spiro atoms. The molecule has 2 heterocycles. The summed E-state index contributed by atoms with van der Waals surface area (Å²) in [4.78, 5) is 28.2. The Morgan fingerprint density at radius 2 is 2.04 bits per heavy atom. The molecule has 6 heteroatoms. The summed E-state index contributed by atoms with van der Waals surface area (Å²) >= 11 is 0. The molecule has 0 aromatic carbocycles. The highest BCUT2D eigenvalue weighted by Gasteiger charge is 2.38. The van der Waals surface area contributed by atoms with Crippen molar-refractivity contribution >= 4 is 12.6 Å². The standard InChI is InChI=1S/C21H29N5O/c1-13(2)18(14(3)19(22-6)25-21(5)8-9-21)20(27)26-10-7-17-16(12-26)11-23-15(4)24-17/h11,25H,6-10,12H2,1-5H3/b19-14-. The second-order valence-corrected chi connectivity index (χ2v) is 8.06. The highest BCUT2D eigenvalue weighted by Crippen LogP contribution is 2.36. The van der Waals surface area contributed by atoms with Gasteiger partial charge in [-0.25, -0.2) is 15.0 Å². The van der Waals surface area contributed by atoms with Crippen LogP contribution in [-0.4, -0.2) is 39.6 Å². The number of carbonyl (C=O) groups is 1. The minimum atomic E-state index is 0.0302. The van der Waals surface area contributed by atoms with E-state index in [4.69, 9.17) is 0 Å². The molecule has 1 saturated carbocycles. The van der Waals surface area contributed by atoms with Crippen LogP contribution in [0.2, 0.25) is 0 Å². The first-order valence-electron chi connectivity index (χ1n) is 9.48. The summed E-state index contributed by atoms with van der Waals surface area (Å²) in [5.74, 6) is 1.51. The number of aliphatic imine (C=N–C) groups is 1. The third-order valence-corrected chi connectivity index (χ3v) is 5.36. The lowest BCUT2D eigenvalue weighted by molar-refractivity contribution is -0.127. The van der Waals surface area contributed by atoms with E-state index in [9.17, 15) is 4.79 Å². The van der Waals surface area contributed by atoms with Gasteiger partial charge >= 0.3 is 0 Å². The number of aromatic nitrogens is 2. The maximum absolute atomic E-state index is 13.4. The summed E-state index contributed by atoms with van der Waals surface area (Å²) in [5.41, 5.74) is 4.70. The molecule has 1 fully saturated rings. The maximum Gasteiger partial charge on any atom is 0.254 e. The molecular formula is C21H29N5O. The van der Waals surface area contributed by atoms with Crippen LogP contribution >= 0.6 is 0 Å². The third kappa shape index (κ3) is 4.10. The Morgan fingerprint density at radius 3 is 2.63 bits per heavy atom. The zero-order chi connectivity index (χ0) is 19.8. The molecule has 2 aliphatic rings. The van der Waals surface area contributed by atoms with Gasteiger partial charge in [0.15, 0.2) is 0 Å². The van der Waals surface area contributed by atoms with Crippen LogP contribution in [0.5, 0.6) is 0 Å². The van der Waals surface area contributed by atoms with Crippen LogP contribution in [-0.2, 0) is 17.8 Å². The second kappa shape index (κ2) is 7.25. The van der Waals surface area contributed by atoms with Crippen molar-refractivity contribution in [2.45, 2.75) is 66.0 Å². The Bertz CT molecular complexity index is 844. The molecule has 0 saturated heterocycles. The maximum atomic E-state index is 13.4. The highest BCUT2D eigenvalue weighted by atomic mass is 16.2. The van der Waals surface area contributed by atoms with Crippen LogP contribution < -0.4 is 5.32 Å². The average Bonchev–Trinajstić information content (AvgIpc) is 3.36. The lowest BCUT2D eigenvalue weighted by atomic mass is 9.98. The Morgan fingerprint density at radius 1 is 1.33 bits per heavy atom. The Hall–Kier alpha value is -2.50. The highest BCUT2D eigenvalue weighted by molar-refractivity contribution is 5.98. The van der Waals surface area contributed by atoms with E-state index >= 15 is 0 Å². The van der Waals surface area contributed by atoms with E-state index in [1.54, 1.807) is 0 Å². The molecule has 1 aromatic heterocycles. The van der Waals surface area contributed by atoms with Gasteiger partial charge in [0.25, 0.3) is 5.91 Å². The molecule has 0 bridgehead atoms. The van der Waals surface area contributed by atoms with E-state index in [-0.39, 0.29) is 11.4 Å². The number of amides is 1. The molecule has 1 amide bonds. The number of allylic oxidation sites excluding steroid dienone is 1. The number of nitrogens with zero attached hydrogens (tertiary/aromatic N) is 4. The normalized spacial score (nSPS) is 18.2. The van der Waals surface area contributed by atoms with Crippen molar-refractivity contribution < 1.29 is 4.79 Å². The van der Waals surface area contributed by atoms with Crippen molar-refractivity contribution in [2.75, 3.05) is 6.54 Å². The molecule has 0 atom stereocenters. The van der Waals surface area contributed by atoms with Gasteiger partial charge in [-0.2, -0.15) is 0 Å². The molecule has 1 aliphatic heterocycles. The number of hydrogen-bond acceptors (Lipinski definition) is 5. The first-order valence-corrected chi connectivity index (χ1v) is 9.48. The van der Waals surface area contributed by atoms with Gasteiger partial charge in [-0.15, -0.1) is 0 Å². The van der Waals surface area contributed by atoms with Crippen LogP contribution in [0.25, 0.3) is 0 Å². The minimum Gasteiger partial charge on any atom is -0.365 e. The average molecular weight is 367 g/mol. The first kappa shape index (κ1) is 19.3. The van der Waals surface area contributed by atoms with Crippen LogP contribution in [0.15, 0.2) is 33.7 Å². The van der Waals surface area contributed by atoms with Gasteiger partial charge in [-0.05, 0) is 54.2 Å². The minimum absolute atomic E-state index is 0.0302. The fraction of sp³-hybridized carbons (Fsp3) is 0.524. The number of hydrogen-bond donors (Lipinski definition) is 1. The van der Waals surface area contributed by atoms with Crippen LogP contribution in [0.4, 0.5) is 0 Å². The van der Waals surface area contributed by atoms with E-state index in [0.29, 0.717) is 24.5 Å². The lowest BCUT2D eigenvalue weighted by Gasteiger charge is -2.30. The van der Waals surface area contributed by atoms with Crippen molar-refractivity contribution in [1.82, 2.24) is 20.2 Å². The monoisotopic (exact) mass is 367 g/mol. The molecule has 1 aromatic rings. The van der Waals surface area contributed by atoms with E-state index in [2.05, 4.69) is 33.9 Å². The van der Waals surface area contributed by atoms with Gasteiger partial charge in [0.05, 0.1) is 5.69 Å². The van der Waals surface area contributed by atoms with Gasteiger partial charge in [0.2, 0.25) is 0 Å². The van der Waals surface area contributed by atoms with Crippen LogP contribution in [0.1, 0.15) is 57.6 Å². The van der Waals surface area contributed by atoms with Gasteiger partial charge in [0.1, 0.15) is 11.6 Å². The lowest BCUT2D eigenvalue weighted by Crippen LogP contribution is -2.38. The molecular weight excluding hydrogens is 338 g/mol. The van der Waals surface area contributed by atoms with E-state index in [1.807, 2.05) is 38.8 Å². The summed E-state index contributed by atoms with van der Waals surface area (Å²) in [6, 6.07) is 0. The molecule has 144 valence electrons. The number of aryl methyl sites for hydroxylation is 1. The summed E-state index contributed by atoms with van der Waals surface area (Å²) in [6.45, 7) is 14.9. The summed E-state index contributed by atoms with van der Waals surface area (Å²) in [5, 5.41) is 3.46.